The van der Waals surface area contributed by atoms with E-state index in [0.717, 1.165) is 11.3 Å². The van der Waals surface area contributed by atoms with Gasteiger partial charge >= 0.3 is 0 Å². The normalized spacial score (nSPS) is 10.4. The SMILES string of the molecule is C=Cc1c(OC)ccc(C(C)C)c1C. The summed E-state index contributed by atoms with van der Waals surface area (Å²) >= 11 is 0. The molecule has 0 aliphatic carbocycles. The fourth-order valence-electron chi connectivity index (χ4n) is 1.78. The Morgan fingerprint density at radius 1 is 1.36 bits per heavy atom. The molecule has 1 aromatic carbocycles. The van der Waals surface area contributed by atoms with Crippen LogP contribution in [0.1, 0.15) is 36.5 Å². The summed E-state index contributed by atoms with van der Waals surface area (Å²) in [5.41, 5.74) is 3.74. The van der Waals surface area contributed by atoms with E-state index in [2.05, 4.69) is 33.4 Å². The molecule has 0 aromatic heterocycles. The second kappa shape index (κ2) is 4.32. The molecule has 76 valence electrons. The maximum absolute atomic E-state index is 5.28. The van der Waals surface area contributed by atoms with E-state index in [1.807, 2.05) is 12.1 Å². The molecule has 0 atom stereocenters. The molecule has 0 N–H and O–H groups in total. The number of benzene rings is 1. The Labute approximate surface area is 86.4 Å². The van der Waals surface area contributed by atoms with Gasteiger partial charge in [0.25, 0.3) is 0 Å². The van der Waals surface area contributed by atoms with Crippen LogP contribution in [0.4, 0.5) is 0 Å². The Bertz CT molecular complexity index is 337. The highest BCUT2D eigenvalue weighted by Gasteiger charge is 2.09. The molecule has 0 fully saturated rings. The molecule has 0 radical (unpaired) electrons. The predicted octanol–water partition coefficient (Wildman–Crippen LogP) is 3.77. The van der Waals surface area contributed by atoms with Gasteiger partial charge in [-0.3, -0.25) is 0 Å². The van der Waals surface area contributed by atoms with E-state index in [1.54, 1.807) is 7.11 Å². The molecule has 1 nitrogen and oxygen atoms in total. The molecule has 0 bridgehead atoms. The Balaban J connectivity index is 3.34. The summed E-state index contributed by atoms with van der Waals surface area (Å²) in [6, 6.07) is 4.14. The lowest BCUT2D eigenvalue weighted by Gasteiger charge is -2.15. The van der Waals surface area contributed by atoms with E-state index >= 15 is 0 Å². The van der Waals surface area contributed by atoms with Gasteiger partial charge in [0.2, 0.25) is 0 Å². The second-order valence-electron chi connectivity index (χ2n) is 3.75. The molecule has 1 heteroatoms. The van der Waals surface area contributed by atoms with Gasteiger partial charge in [-0.05, 0) is 30.0 Å². The minimum Gasteiger partial charge on any atom is -0.496 e. The monoisotopic (exact) mass is 190 g/mol. The molecule has 0 saturated heterocycles. The average Bonchev–Trinajstić information content (AvgIpc) is 2.16. The number of hydrogen-bond donors (Lipinski definition) is 0. The first kappa shape index (κ1) is 10.8. The minimum atomic E-state index is 0.541. The van der Waals surface area contributed by atoms with Crippen LogP contribution in [0, 0.1) is 6.92 Å². The van der Waals surface area contributed by atoms with Crippen LogP contribution in [0.5, 0.6) is 5.75 Å². The van der Waals surface area contributed by atoms with Crippen molar-refractivity contribution < 1.29 is 4.74 Å². The molecule has 0 heterocycles. The van der Waals surface area contributed by atoms with Gasteiger partial charge in [-0.15, -0.1) is 0 Å². The van der Waals surface area contributed by atoms with Crippen LogP contribution in [-0.2, 0) is 0 Å². The Morgan fingerprint density at radius 3 is 2.43 bits per heavy atom. The first-order valence-electron chi connectivity index (χ1n) is 4.91. The van der Waals surface area contributed by atoms with Gasteiger partial charge in [0.05, 0.1) is 7.11 Å². The zero-order valence-corrected chi connectivity index (χ0v) is 9.42. The summed E-state index contributed by atoms with van der Waals surface area (Å²) in [7, 11) is 1.69. The van der Waals surface area contributed by atoms with Gasteiger partial charge in [0, 0.05) is 5.56 Å². The van der Waals surface area contributed by atoms with Crippen molar-refractivity contribution in [2.45, 2.75) is 26.7 Å². The van der Waals surface area contributed by atoms with Crippen LogP contribution in [0.3, 0.4) is 0 Å². The van der Waals surface area contributed by atoms with E-state index in [1.165, 1.54) is 11.1 Å². The van der Waals surface area contributed by atoms with E-state index < -0.39 is 0 Å². The van der Waals surface area contributed by atoms with Gasteiger partial charge in [-0.2, -0.15) is 0 Å². The topological polar surface area (TPSA) is 9.23 Å². The molecule has 0 saturated carbocycles. The molecule has 0 aliphatic rings. The molecule has 1 aromatic rings. The van der Waals surface area contributed by atoms with Crippen LogP contribution >= 0.6 is 0 Å². The van der Waals surface area contributed by atoms with Gasteiger partial charge in [0.15, 0.2) is 0 Å². The van der Waals surface area contributed by atoms with Crippen molar-refractivity contribution >= 4 is 6.08 Å². The zero-order valence-electron chi connectivity index (χ0n) is 9.42. The first-order chi connectivity index (χ1) is 6.61. The molecule has 0 unspecified atom stereocenters. The number of methoxy groups -OCH3 is 1. The Kier molecular flexibility index (Phi) is 3.34. The van der Waals surface area contributed by atoms with Crippen LogP contribution in [-0.4, -0.2) is 7.11 Å². The summed E-state index contributed by atoms with van der Waals surface area (Å²) in [6.07, 6.45) is 1.86. The molecule has 0 amide bonds. The summed E-state index contributed by atoms with van der Waals surface area (Å²) in [6.45, 7) is 10.3. The zero-order chi connectivity index (χ0) is 10.7. The van der Waals surface area contributed by atoms with Crippen molar-refractivity contribution in [3.05, 3.63) is 35.4 Å². The van der Waals surface area contributed by atoms with E-state index in [-0.39, 0.29) is 0 Å². The van der Waals surface area contributed by atoms with Crippen LogP contribution in [0.15, 0.2) is 18.7 Å². The Hall–Kier alpha value is -1.24. The van der Waals surface area contributed by atoms with Gasteiger partial charge in [-0.1, -0.05) is 32.6 Å². The van der Waals surface area contributed by atoms with Gasteiger partial charge in [-0.25, -0.2) is 0 Å². The third kappa shape index (κ3) is 1.82. The maximum atomic E-state index is 5.28. The van der Waals surface area contributed by atoms with E-state index in [9.17, 15) is 0 Å². The largest absolute Gasteiger partial charge is 0.496 e. The van der Waals surface area contributed by atoms with Crippen LogP contribution in [0.2, 0.25) is 0 Å². The van der Waals surface area contributed by atoms with E-state index in [0.29, 0.717) is 5.92 Å². The molecule has 0 aliphatic heterocycles. The fourth-order valence-corrected chi connectivity index (χ4v) is 1.78. The number of hydrogen-bond acceptors (Lipinski definition) is 1. The Morgan fingerprint density at radius 2 is 2.00 bits per heavy atom. The van der Waals surface area contributed by atoms with E-state index in [4.69, 9.17) is 4.74 Å². The lowest BCUT2D eigenvalue weighted by Crippen LogP contribution is -1.97. The highest BCUT2D eigenvalue weighted by Crippen LogP contribution is 2.29. The summed E-state index contributed by atoms with van der Waals surface area (Å²) in [5, 5.41) is 0. The third-order valence-electron chi connectivity index (χ3n) is 2.56. The van der Waals surface area contributed by atoms with Crippen molar-refractivity contribution in [3.63, 3.8) is 0 Å². The quantitative estimate of drug-likeness (QED) is 0.705. The highest BCUT2D eigenvalue weighted by molar-refractivity contribution is 5.62. The minimum absolute atomic E-state index is 0.541. The molecule has 14 heavy (non-hydrogen) atoms. The number of rotatable bonds is 3. The van der Waals surface area contributed by atoms with Crippen molar-refractivity contribution in [2.75, 3.05) is 7.11 Å². The van der Waals surface area contributed by atoms with Crippen LogP contribution < -0.4 is 4.74 Å². The predicted molar refractivity (Wildman–Crippen MR) is 61.9 cm³/mol. The highest BCUT2D eigenvalue weighted by atomic mass is 16.5. The summed E-state index contributed by atoms with van der Waals surface area (Å²) in [4.78, 5) is 0. The van der Waals surface area contributed by atoms with Crippen molar-refractivity contribution in [1.82, 2.24) is 0 Å². The van der Waals surface area contributed by atoms with Crippen LogP contribution in [0.25, 0.3) is 6.08 Å². The molecule has 0 spiro atoms. The average molecular weight is 190 g/mol. The number of ether oxygens (including phenoxy) is 1. The lowest BCUT2D eigenvalue weighted by atomic mass is 9.94. The third-order valence-corrected chi connectivity index (χ3v) is 2.56. The lowest BCUT2D eigenvalue weighted by molar-refractivity contribution is 0.413. The maximum Gasteiger partial charge on any atom is 0.126 e. The van der Waals surface area contributed by atoms with Gasteiger partial charge < -0.3 is 4.74 Å². The van der Waals surface area contributed by atoms with Crippen molar-refractivity contribution in [3.8, 4) is 5.75 Å². The standard InChI is InChI=1S/C13H18O/c1-6-11-10(4)12(9(2)3)7-8-13(11)14-5/h6-9H,1H2,2-5H3. The second-order valence-corrected chi connectivity index (χ2v) is 3.75. The van der Waals surface area contributed by atoms with Crippen molar-refractivity contribution in [2.24, 2.45) is 0 Å². The fraction of sp³-hybridized carbons (Fsp3) is 0.385. The smallest absolute Gasteiger partial charge is 0.126 e. The molecule has 1 rings (SSSR count). The first-order valence-corrected chi connectivity index (χ1v) is 4.91. The summed E-state index contributed by atoms with van der Waals surface area (Å²) in [5.74, 6) is 1.45. The van der Waals surface area contributed by atoms with Crippen molar-refractivity contribution in [1.29, 1.82) is 0 Å². The molecular weight excluding hydrogens is 172 g/mol. The summed E-state index contributed by atoms with van der Waals surface area (Å²) < 4.78 is 5.28. The van der Waals surface area contributed by atoms with Gasteiger partial charge in [0.1, 0.15) is 5.75 Å². The molecular formula is C13H18O.